The molecule has 1 aliphatic heterocycles. The van der Waals surface area contributed by atoms with Crippen LogP contribution in [0.1, 0.15) is 30.3 Å². The van der Waals surface area contributed by atoms with E-state index in [1.165, 1.54) is 0 Å². The maximum atomic E-state index is 12.3. The highest BCUT2D eigenvalue weighted by Crippen LogP contribution is 2.30. The molecule has 0 bridgehead atoms. The Hall–Kier alpha value is -3.15. The molecule has 138 valence electrons. The normalized spacial score (nSPS) is 14.9. The number of amides is 1. The van der Waals surface area contributed by atoms with Crippen LogP contribution in [0, 0.1) is 6.92 Å². The number of hydrogen-bond donors (Lipinski definition) is 0. The van der Waals surface area contributed by atoms with E-state index >= 15 is 0 Å². The molecular weight excluding hydrogens is 342 g/mol. The number of pyridine rings is 1. The summed E-state index contributed by atoms with van der Waals surface area (Å²) in [5.74, 6) is 1.42. The Morgan fingerprint density at radius 2 is 1.93 bits per heavy atom. The van der Waals surface area contributed by atoms with Crippen LogP contribution in [0.25, 0.3) is 11.3 Å². The monoisotopic (exact) mass is 363 g/mol. The van der Waals surface area contributed by atoms with E-state index in [1.54, 1.807) is 23.4 Å². The molecule has 1 aliphatic rings. The summed E-state index contributed by atoms with van der Waals surface area (Å²) in [4.78, 5) is 22.8. The zero-order chi connectivity index (χ0) is 18.6. The van der Waals surface area contributed by atoms with Gasteiger partial charge in [0.1, 0.15) is 12.0 Å². The zero-order valence-electron chi connectivity index (χ0n) is 15.2. The third kappa shape index (κ3) is 4.00. The topological polar surface area (TPSA) is 68.5 Å². The van der Waals surface area contributed by atoms with Gasteiger partial charge in [0, 0.05) is 30.3 Å². The van der Waals surface area contributed by atoms with Gasteiger partial charge in [0.05, 0.1) is 6.20 Å². The van der Waals surface area contributed by atoms with Crippen molar-refractivity contribution in [2.24, 2.45) is 0 Å². The van der Waals surface area contributed by atoms with Crippen molar-refractivity contribution in [3.63, 3.8) is 0 Å². The minimum absolute atomic E-state index is 0.215. The van der Waals surface area contributed by atoms with Crippen molar-refractivity contribution in [3.05, 3.63) is 66.5 Å². The van der Waals surface area contributed by atoms with Gasteiger partial charge in [0.2, 0.25) is 0 Å². The summed E-state index contributed by atoms with van der Waals surface area (Å²) in [6, 6.07) is 13.5. The van der Waals surface area contributed by atoms with Gasteiger partial charge < -0.3 is 14.1 Å². The van der Waals surface area contributed by atoms with Crippen molar-refractivity contribution in [2.75, 3.05) is 13.1 Å². The third-order valence-corrected chi connectivity index (χ3v) is 4.78. The summed E-state index contributed by atoms with van der Waals surface area (Å²) in [6.45, 7) is 3.12. The van der Waals surface area contributed by atoms with E-state index in [0.29, 0.717) is 18.8 Å². The van der Waals surface area contributed by atoms with Gasteiger partial charge in [0.15, 0.2) is 11.6 Å². The van der Waals surface area contributed by atoms with Crippen LogP contribution in [-0.4, -0.2) is 34.1 Å². The first-order chi connectivity index (χ1) is 13.2. The summed E-state index contributed by atoms with van der Waals surface area (Å²) in [5.41, 5.74) is 2.77. The number of carbonyl (C=O) groups excluding carboxylic acids is 1. The molecule has 1 aromatic carbocycles. The second kappa shape index (κ2) is 7.61. The van der Waals surface area contributed by atoms with Gasteiger partial charge in [0.25, 0.3) is 0 Å². The molecule has 1 saturated heterocycles. The van der Waals surface area contributed by atoms with Gasteiger partial charge in [-0.05, 0) is 31.9 Å². The Bertz CT molecular complexity index is 898. The van der Waals surface area contributed by atoms with Crippen LogP contribution in [0.2, 0.25) is 0 Å². The van der Waals surface area contributed by atoms with Crippen molar-refractivity contribution in [2.45, 2.75) is 25.7 Å². The first-order valence-electron chi connectivity index (χ1n) is 9.09. The number of likely N-dealkylation sites (tertiary alicyclic amines) is 1. The lowest BCUT2D eigenvalue weighted by atomic mass is 9.97. The molecule has 1 amide bonds. The molecule has 0 N–H and O–H groups in total. The SMILES string of the molecule is Cc1ccc(OC(=O)N2CCC(c3nc(-c4ccccc4)co3)CC2)cn1. The number of aromatic nitrogens is 2. The van der Waals surface area contributed by atoms with E-state index in [2.05, 4.69) is 9.97 Å². The first-order valence-corrected chi connectivity index (χ1v) is 9.09. The Morgan fingerprint density at radius 3 is 2.63 bits per heavy atom. The molecule has 3 aromatic rings. The fraction of sp³-hybridized carbons (Fsp3) is 0.286. The fourth-order valence-electron chi connectivity index (χ4n) is 3.21. The van der Waals surface area contributed by atoms with E-state index in [-0.39, 0.29) is 12.0 Å². The second-order valence-electron chi connectivity index (χ2n) is 6.70. The molecular formula is C21H21N3O3. The first kappa shape index (κ1) is 17.3. The standard InChI is InChI=1S/C21H21N3O3/c1-15-7-8-18(13-22-15)27-21(25)24-11-9-17(10-12-24)20-23-19(14-26-20)16-5-3-2-4-6-16/h2-8,13-14,17H,9-12H2,1H3. The van der Waals surface area contributed by atoms with Crippen LogP contribution in [0.3, 0.4) is 0 Å². The number of hydrogen-bond acceptors (Lipinski definition) is 5. The highest BCUT2D eigenvalue weighted by atomic mass is 16.6. The number of carbonyl (C=O) groups is 1. The van der Waals surface area contributed by atoms with Crippen LogP contribution < -0.4 is 4.74 Å². The van der Waals surface area contributed by atoms with Crippen LogP contribution in [0.4, 0.5) is 4.79 Å². The molecule has 0 radical (unpaired) electrons. The lowest BCUT2D eigenvalue weighted by Gasteiger charge is -2.29. The molecule has 3 heterocycles. The summed E-state index contributed by atoms with van der Waals surface area (Å²) < 4.78 is 11.1. The molecule has 0 saturated carbocycles. The van der Waals surface area contributed by atoms with Crippen LogP contribution in [-0.2, 0) is 0 Å². The summed E-state index contributed by atoms with van der Waals surface area (Å²) in [6.07, 6.45) is 4.54. The van der Waals surface area contributed by atoms with E-state index in [9.17, 15) is 4.79 Å². The minimum atomic E-state index is -0.337. The molecule has 0 spiro atoms. The van der Waals surface area contributed by atoms with Crippen molar-refractivity contribution in [1.29, 1.82) is 0 Å². The molecule has 6 nitrogen and oxygen atoms in total. The summed E-state index contributed by atoms with van der Waals surface area (Å²) >= 11 is 0. The number of nitrogens with zero attached hydrogens (tertiary/aromatic N) is 3. The van der Waals surface area contributed by atoms with E-state index in [1.807, 2.05) is 43.3 Å². The number of benzene rings is 1. The number of oxazole rings is 1. The maximum absolute atomic E-state index is 12.3. The zero-order valence-corrected chi connectivity index (χ0v) is 15.2. The lowest BCUT2D eigenvalue weighted by molar-refractivity contribution is 0.136. The highest BCUT2D eigenvalue weighted by Gasteiger charge is 2.28. The minimum Gasteiger partial charge on any atom is -0.448 e. The van der Waals surface area contributed by atoms with E-state index < -0.39 is 0 Å². The Morgan fingerprint density at radius 1 is 1.15 bits per heavy atom. The molecule has 1 fully saturated rings. The molecule has 4 rings (SSSR count). The highest BCUT2D eigenvalue weighted by molar-refractivity contribution is 5.70. The Labute approximate surface area is 157 Å². The maximum Gasteiger partial charge on any atom is 0.415 e. The number of piperidine rings is 1. The van der Waals surface area contributed by atoms with E-state index in [0.717, 1.165) is 35.7 Å². The fourth-order valence-corrected chi connectivity index (χ4v) is 3.21. The van der Waals surface area contributed by atoms with Crippen LogP contribution in [0.5, 0.6) is 5.75 Å². The van der Waals surface area contributed by atoms with Gasteiger partial charge in [-0.15, -0.1) is 0 Å². The number of aryl methyl sites for hydroxylation is 1. The predicted octanol–water partition coefficient (Wildman–Crippen LogP) is 4.42. The van der Waals surface area contributed by atoms with Gasteiger partial charge >= 0.3 is 6.09 Å². The Kier molecular flexibility index (Phi) is 4.87. The lowest BCUT2D eigenvalue weighted by Crippen LogP contribution is -2.39. The van der Waals surface area contributed by atoms with Gasteiger partial charge in [-0.2, -0.15) is 0 Å². The summed E-state index contributed by atoms with van der Waals surface area (Å²) in [7, 11) is 0. The molecule has 27 heavy (non-hydrogen) atoms. The summed E-state index contributed by atoms with van der Waals surface area (Å²) in [5, 5.41) is 0. The van der Waals surface area contributed by atoms with Crippen molar-refractivity contribution in [1.82, 2.24) is 14.9 Å². The average molecular weight is 363 g/mol. The van der Waals surface area contributed by atoms with Crippen molar-refractivity contribution in [3.8, 4) is 17.0 Å². The van der Waals surface area contributed by atoms with Crippen LogP contribution >= 0.6 is 0 Å². The molecule has 0 atom stereocenters. The molecule has 0 unspecified atom stereocenters. The quantitative estimate of drug-likeness (QED) is 0.689. The van der Waals surface area contributed by atoms with Crippen molar-refractivity contribution >= 4 is 6.09 Å². The second-order valence-corrected chi connectivity index (χ2v) is 6.70. The Balaban J connectivity index is 1.34. The van der Waals surface area contributed by atoms with Gasteiger partial charge in [-0.3, -0.25) is 4.98 Å². The largest absolute Gasteiger partial charge is 0.448 e. The van der Waals surface area contributed by atoms with Gasteiger partial charge in [-0.1, -0.05) is 30.3 Å². The predicted molar refractivity (Wildman–Crippen MR) is 100 cm³/mol. The average Bonchev–Trinajstić information content (AvgIpc) is 3.21. The van der Waals surface area contributed by atoms with Gasteiger partial charge in [-0.25, -0.2) is 9.78 Å². The molecule has 6 heteroatoms. The number of rotatable bonds is 3. The third-order valence-electron chi connectivity index (χ3n) is 4.78. The molecule has 2 aromatic heterocycles. The number of ether oxygens (including phenoxy) is 1. The van der Waals surface area contributed by atoms with Crippen molar-refractivity contribution < 1.29 is 13.9 Å². The smallest absolute Gasteiger partial charge is 0.415 e. The molecule has 0 aliphatic carbocycles. The van der Waals surface area contributed by atoms with E-state index in [4.69, 9.17) is 9.15 Å². The van der Waals surface area contributed by atoms with Crippen LogP contribution in [0.15, 0.2) is 59.3 Å².